The van der Waals surface area contributed by atoms with Crippen molar-refractivity contribution in [1.29, 1.82) is 0 Å². The van der Waals surface area contributed by atoms with Crippen molar-refractivity contribution in [2.75, 3.05) is 13.1 Å². The summed E-state index contributed by atoms with van der Waals surface area (Å²) >= 11 is 0. The van der Waals surface area contributed by atoms with E-state index in [9.17, 15) is 4.39 Å². The Balaban J connectivity index is 1.60. The van der Waals surface area contributed by atoms with Crippen molar-refractivity contribution in [3.8, 4) is 0 Å². The standard InChI is InChI=1S/C15H20FN/c16-15(12-6-8-17-9-7-12)14-10-13(14)11-4-2-1-3-5-11/h1-5,12-15,17H,6-10H2. The van der Waals surface area contributed by atoms with E-state index < -0.39 is 6.17 Å². The first-order chi connectivity index (χ1) is 8.36. The van der Waals surface area contributed by atoms with E-state index in [0.29, 0.717) is 17.8 Å². The lowest BCUT2D eigenvalue weighted by Crippen LogP contribution is -2.33. The number of piperidine rings is 1. The largest absolute Gasteiger partial charge is 0.317 e. The van der Waals surface area contributed by atoms with Crippen molar-refractivity contribution in [3.63, 3.8) is 0 Å². The number of hydrogen-bond donors (Lipinski definition) is 1. The Morgan fingerprint density at radius 3 is 2.53 bits per heavy atom. The van der Waals surface area contributed by atoms with Crippen LogP contribution in [0.1, 0.15) is 30.7 Å². The van der Waals surface area contributed by atoms with Crippen molar-refractivity contribution < 1.29 is 4.39 Å². The molecule has 2 heteroatoms. The minimum atomic E-state index is -0.581. The Hall–Kier alpha value is -0.890. The van der Waals surface area contributed by atoms with Crippen LogP contribution in [-0.4, -0.2) is 19.3 Å². The zero-order valence-electron chi connectivity index (χ0n) is 10.1. The number of halogens is 1. The van der Waals surface area contributed by atoms with Crippen LogP contribution in [0.4, 0.5) is 4.39 Å². The zero-order chi connectivity index (χ0) is 11.7. The number of hydrogen-bond acceptors (Lipinski definition) is 1. The van der Waals surface area contributed by atoms with Gasteiger partial charge in [-0.25, -0.2) is 4.39 Å². The molecular formula is C15H20FN. The molecule has 0 spiro atoms. The molecule has 1 aromatic carbocycles. The highest BCUT2D eigenvalue weighted by Crippen LogP contribution is 2.52. The number of benzene rings is 1. The monoisotopic (exact) mass is 233 g/mol. The van der Waals surface area contributed by atoms with Gasteiger partial charge in [0.05, 0.1) is 0 Å². The first-order valence-electron chi connectivity index (χ1n) is 6.76. The van der Waals surface area contributed by atoms with E-state index in [2.05, 4.69) is 29.6 Å². The van der Waals surface area contributed by atoms with Crippen LogP contribution < -0.4 is 5.32 Å². The van der Waals surface area contributed by atoms with Crippen LogP contribution in [0.5, 0.6) is 0 Å². The molecule has 1 heterocycles. The molecule has 3 rings (SSSR count). The van der Waals surface area contributed by atoms with Gasteiger partial charge in [-0.05, 0) is 55.7 Å². The van der Waals surface area contributed by atoms with Crippen LogP contribution in [0.3, 0.4) is 0 Å². The smallest absolute Gasteiger partial charge is 0.106 e. The van der Waals surface area contributed by atoms with Gasteiger partial charge in [0.15, 0.2) is 0 Å². The summed E-state index contributed by atoms with van der Waals surface area (Å²) in [5.74, 6) is 1.08. The molecule has 92 valence electrons. The van der Waals surface area contributed by atoms with E-state index in [1.807, 2.05) is 6.07 Å². The summed E-state index contributed by atoms with van der Waals surface area (Å²) in [6.45, 7) is 1.99. The third-order valence-corrected chi connectivity index (χ3v) is 4.31. The second-order valence-corrected chi connectivity index (χ2v) is 5.45. The summed E-state index contributed by atoms with van der Waals surface area (Å²) in [5.41, 5.74) is 1.33. The van der Waals surface area contributed by atoms with Gasteiger partial charge in [0, 0.05) is 0 Å². The second kappa shape index (κ2) is 4.77. The normalized spacial score (nSPS) is 31.1. The van der Waals surface area contributed by atoms with Gasteiger partial charge >= 0.3 is 0 Å². The van der Waals surface area contributed by atoms with E-state index in [1.54, 1.807) is 0 Å². The van der Waals surface area contributed by atoms with Gasteiger partial charge < -0.3 is 5.32 Å². The van der Waals surface area contributed by atoms with Crippen molar-refractivity contribution in [1.82, 2.24) is 5.32 Å². The van der Waals surface area contributed by atoms with Crippen LogP contribution in [0, 0.1) is 11.8 Å². The molecule has 1 aliphatic heterocycles. The summed E-state index contributed by atoms with van der Waals surface area (Å²) in [5, 5.41) is 3.31. The molecule has 1 aromatic rings. The molecule has 1 nitrogen and oxygen atoms in total. The maximum atomic E-state index is 14.4. The van der Waals surface area contributed by atoms with Crippen molar-refractivity contribution in [2.45, 2.75) is 31.4 Å². The SMILES string of the molecule is FC(C1CCNCC1)C1CC1c1ccccc1. The van der Waals surface area contributed by atoms with Gasteiger partial charge in [-0.1, -0.05) is 30.3 Å². The fourth-order valence-electron chi connectivity index (χ4n) is 3.16. The third-order valence-electron chi connectivity index (χ3n) is 4.31. The molecule has 1 saturated carbocycles. The summed E-state index contributed by atoms with van der Waals surface area (Å²) in [7, 11) is 0. The van der Waals surface area contributed by atoms with E-state index in [1.165, 1.54) is 5.56 Å². The molecule has 0 bridgehead atoms. The Morgan fingerprint density at radius 2 is 1.82 bits per heavy atom. The molecule has 0 aromatic heterocycles. The van der Waals surface area contributed by atoms with Crippen LogP contribution >= 0.6 is 0 Å². The fourth-order valence-corrected chi connectivity index (χ4v) is 3.16. The number of alkyl halides is 1. The van der Waals surface area contributed by atoms with Crippen LogP contribution in [-0.2, 0) is 0 Å². The minimum Gasteiger partial charge on any atom is -0.317 e. The van der Waals surface area contributed by atoms with Gasteiger partial charge in [0.1, 0.15) is 6.17 Å². The van der Waals surface area contributed by atoms with Gasteiger partial charge in [-0.3, -0.25) is 0 Å². The lowest BCUT2D eigenvalue weighted by molar-refractivity contribution is 0.163. The Labute approximate surface area is 102 Å². The van der Waals surface area contributed by atoms with Gasteiger partial charge in [-0.15, -0.1) is 0 Å². The molecule has 0 amide bonds. The molecule has 3 unspecified atom stereocenters. The Bertz CT molecular complexity index is 358. The second-order valence-electron chi connectivity index (χ2n) is 5.45. The molecule has 17 heavy (non-hydrogen) atoms. The molecule has 2 fully saturated rings. The zero-order valence-corrected chi connectivity index (χ0v) is 10.1. The molecule has 3 atom stereocenters. The van der Waals surface area contributed by atoms with Crippen molar-refractivity contribution >= 4 is 0 Å². The molecule has 2 aliphatic rings. The summed E-state index contributed by atoms with van der Waals surface area (Å²) in [6, 6.07) is 10.4. The summed E-state index contributed by atoms with van der Waals surface area (Å²) < 4.78 is 14.4. The predicted molar refractivity (Wildman–Crippen MR) is 67.8 cm³/mol. The molecule has 1 N–H and O–H groups in total. The molecular weight excluding hydrogens is 213 g/mol. The van der Waals surface area contributed by atoms with Gasteiger partial charge in [-0.2, -0.15) is 0 Å². The number of nitrogens with one attached hydrogen (secondary N) is 1. The maximum absolute atomic E-state index is 14.4. The summed E-state index contributed by atoms with van der Waals surface area (Å²) in [4.78, 5) is 0. The summed E-state index contributed by atoms with van der Waals surface area (Å²) in [6.07, 6.45) is 2.50. The first kappa shape index (κ1) is 11.2. The highest BCUT2D eigenvalue weighted by Gasteiger charge is 2.46. The van der Waals surface area contributed by atoms with Crippen LogP contribution in [0.15, 0.2) is 30.3 Å². The third kappa shape index (κ3) is 2.37. The minimum absolute atomic E-state index is 0.292. The van der Waals surface area contributed by atoms with Crippen molar-refractivity contribution in [3.05, 3.63) is 35.9 Å². The maximum Gasteiger partial charge on any atom is 0.106 e. The van der Waals surface area contributed by atoms with E-state index in [-0.39, 0.29) is 0 Å². The lowest BCUT2D eigenvalue weighted by atomic mass is 9.89. The molecule has 1 saturated heterocycles. The average Bonchev–Trinajstić information content (AvgIpc) is 3.20. The van der Waals surface area contributed by atoms with Crippen LogP contribution in [0.2, 0.25) is 0 Å². The molecule has 1 aliphatic carbocycles. The van der Waals surface area contributed by atoms with Crippen molar-refractivity contribution in [2.24, 2.45) is 11.8 Å². The fraction of sp³-hybridized carbons (Fsp3) is 0.600. The van der Waals surface area contributed by atoms with Gasteiger partial charge in [0.2, 0.25) is 0 Å². The van der Waals surface area contributed by atoms with Crippen LogP contribution in [0.25, 0.3) is 0 Å². The lowest BCUT2D eigenvalue weighted by Gasteiger charge is -2.26. The highest BCUT2D eigenvalue weighted by atomic mass is 19.1. The number of rotatable bonds is 3. The average molecular weight is 233 g/mol. The highest BCUT2D eigenvalue weighted by molar-refractivity contribution is 5.26. The Morgan fingerprint density at radius 1 is 1.12 bits per heavy atom. The predicted octanol–water partition coefficient (Wildman–Crippen LogP) is 3.13. The van der Waals surface area contributed by atoms with E-state index in [0.717, 1.165) is 32.4 Å². The quantitative estimate of drug-likeness (QED) is 0.845. The first-order valence-corrected chi connectivity index (χ1v) is 6.76. The molecule has 0 radical (unpaired) electrons. The van der Waals surface area contributed by atoms with Gasteiger partial charge in [0.25, 0.3) is 0 Å². The van der Waals surface area contributed by atoms with E-state index >= 15 is 0 Å². The topological polar surface area (TPSA) is 12.0 Å². The Kier molecular flexibility index (Phi) is 3.15. The van der Waals surface area contributed by atoms with E-state index in [4.69, 9.17) is 0 Å².